The molecule has 0 aliphatic carbocycles. The normalized spacial score (nSPS) is 14.7. The van der Waals surface area contributed by atoms with E-state index >= 15 is 0 Å². The van der Waals surface area contributed by atoms with Crippen molar-refractivity contribution in [2.45, 2.75) is 52.4 Å². The van der Waals surface area contributed by atoms with E-state index in [1.807, 2.05) is 0 Å². The summed E-state index contributed by atoms with van der Waals surface area (Å²) in [6.45, 7) is 9.52. The maximum atomic E-state index is 10.1. The van der Waals surface area contributed by atoms with Gasteiger partial charge in [0.25, 0.3) is 0 Å². The molecular formula is C14H28O9P3+3. The Hall–Kier alpha value is 0.150. The Morgan fingerprint density at radius 1 is 0.577 bits per heavy atom. The van der Waals surface area contributed by atoms with Crippen molar-refractivity contribution in [3.63, 3.8) is 0 Å². The van der Waals surface area contributed by atoms with Crippen LogP contribution in [0.2, 0.25) is 0 Å². The molecule has 12 heteroatoms. The van der Waals surface area contributed by atoms with E-state index in [1.54, 1.807) is 20.8 Å². The molecule has 0 radical (unpaired) electrons. The SMILES string of the molecule is CC(C)(C)c1cc([P+](O)(O)O)c([P+](O)(O)O)c(C(C)(C)C)c1[P+](O)(O)O. The zero-order valence-corrected chi connectivity index (χ0v) is 18.1. The lowest BCUT2D eigenvalue weighted by Crippen LogP contribution is -2.46. The van der Waals surface area contributed by atoms with Gasteiger partial charge in [0.1, 0.15) is 0 Å². The Labute approximate surface area is 154 Å². The van der Waals surface area contributed by atoms with Gasteiger partial charge in [-0.15, -0.1) is 0 Å². The summed E-state index contributed by atoms with van der Waals surface area (Å²) in [4.78, 5) is 89.5. The summed E-state index contributed by atoms with van der Waals surface area (Å²) >= 11 is 0. The van der Waals surface area contributed by atoms with Crippen molar-refractivity contribution in [2.24, 2.45) is 0 Å². The van der Waals surface area contributed by atoms with Crippen molar-refractivity contribution >= 4 is 39.7 Å². The van der Waals surface area contributed by atoms with E-state index < -0.39 is 50.6 Å². The molecular weight excluding hydrogens is 405 g/mol. The fourth-order valence-electron chi connectivity index (χ4n) is 2.77. The van der Waals surface area contributed by atoms with Crippen LogP contribution in [0.4, 0.5) is 0 Å². The molecule has 0 fully saturated rings. The molecule has 1 rings (SSSR count). The summed E-state index contributed by atoms with van der Waals surface area (Å²) in [5, 5.41) is -1.95. The first kappa shape index (κ1) is 24.2. The number of hydrogen-bond donors (Lipinski definition) is 9. The van der Waals surface area contributed by atoms with E-state index in [9.17, 15) is 44.0 Å². The van der Waals surface area contributed by atoms with E-state index in [0.717, 1.165) is 6.07 Å². The third kappa shape index (κ3) is 5.15. The second kappa shape index (κ2) is 6.89. The van der Waals surface area contributed by atoms with Gasteiger partial charge < -0.3 is 0 Å². The van der Waals surface area contributed by atoms with Crippen molar-refractivity contribution in [2.75, 3.05) is 0 Å². The van der Waals surface area contributed by atoms with Gasteiger partial charge in [0.2, 0.25) is 10.6 Å². The van der Waals surface area contributed by atoms with Crippen LogP contribution in [0, 0.1) is 0 Å². The summed E-state index contributed by atoms with van der Waals surface area (Å²) < 4.78 is 0. The van der Waals surface area contributed by atoms with Gasteiger partial charge >= 0.3 is 23.8 Å². The molecule has 0 aliphatic rings. The monoisotopic (exact) mass is 433 g/mol. The Morgan fingerprint density at radius 3 is 1.19 bits per heavy atom. The zero-order valence-electron chi connectivity index (χ0n) is 15.4. The minimum absolute atomic E-state index is 0.0528. The summed E-state index contributed by atoms with van der Waals surface area (Å²) in [5.41, 5.74) is -2.21. The number of hydrogen-bond acceptors (Lipinski definition) is 9. The lowest BCUT2D eigenvalue weighted by molar-refractivity contribution is 0.338. The van der Waals surface area contributed by atoms with Crippen LogP contribution < -0.4 is 15.9 Å². The van der Waals surface area contributed by atoms with E-state index in [-0.39, 0.29) is 11.1 Å². The predicted molar refractivity (Wildman–Crippen MR) is 103 cm³/mol. The van der Waals surface area contributed by atoms with E-state index in [0.29, 0.717) is 0 Å². The molecule has 0 spiro atoms. The molecule has 0 saturated carbocycles. The topological polar surface area (TPSA) is 182 Å². The first-order valence-corrected chi connectivity index (χ1v) is 12.5. The predicted octanol–water partition coefficient (Wildman–Crippen LogP) is -0.624. The van der Waals surface area contributed by atoms with Gasteiger partial charge in [-0.2, -0.15) is 44.0 Å². The van der Waals surface area contributed by atoms with Crippen molar-refractivity contribution < 1.29 is 44.0 Å². The first-order chi connectivity index (χ1) is 11.1. The van der Waals surface area contributed by atoms with E-state index in [1.165, 1.54) is 20.8 Å². The lowest BCUT2D eigenvalue weighted by Gasteiger charge is -2.30. The molecule has 1 aromatic rings. The summed E-state index contributed by atoms with van der Waals surface area (Å²) in [6, 6.07) is 0.947. The summed E-state index contributed by atoms with van der Waals surface area (Å²) in [7, 11) is -14.6. The Morgan fingerprint density at radius 2 is 0.962 bits per heavy atom. The maximum Gasteiger partial charge on any atom is 0.445 e. The molecule has 26 heavy (non-hydrogen) atoms. The molecule has 9 nitrogen and oxygen atoms in total. The molecule has 9 N–H and O–H groups in total. The lowest BCUT2D eigenvalue weighted by atomic mass is 9.80. The minimum Gasteiger partial charge on any atom is -0.189 e. The summed E-state index contributed by atoms with van der Waals surface area (Å²) in [5.74, 6) is 0. The van der Waals surface area contributed by atoms with Crippen LogP contribution in [0.15, 0.2) is 6.07 Å². The van der Waals surface area contributed by atoms with Crippen LogP contribution in [0.3, 0.4) is 0 Å². The second-order valence-electron chi connectivity index (χ2n) is 8.22. The van der Waals surface area contributed by atoms with Crippen molar-refractivity contribution in [3.05, 3.63) is 17.2 Å². The molecule has 0 amide bonds. The van der Waals surface area contributed by atoms with E-state index in [2.05, 4.69) is 0 Å². The highest BCUT2D eigenvalue weighted by atomic mass is 31.2. The Balaban J connectivity index is 4.41. The molecule has 0 bridgehead atoms. The van der Waals surface area contributed by atoms with Gasteiger partial charge in [-0.05, 0) is 10.8 Å². The highest BCUT2D eigenvalue weighted by Crippen LogP contribution is 2.55. The number of benzene rings is 1. The molecule has 0 saturated heterocycles. The highest BCUT2D eigenvalue weighted by molar-refractivity contribution is 7.73. The fraction of sp³-hybridized carbons (Fsp3) is 0.571. The van der Waals surface area contributed by atoms with Gasteiger partial charge in [0.15, 0.2) is 5.30 Å². The van der Waals surface area contributed by atoms with Crippen LogP contribution in [-0.4, -0.2) is 44.0 Å². The highest BCUT2D eigenvalue weighted by Gasteiger charge is 2.58. The third-order valence-corrected chi connectivity index (χ3v) is 7.04. The standard InChI is InChI=1S/C14H28O9P3/c1-13(2,3)8-7-9(24(15,16)17)12(26(21,22)23)10(14(4,5)6)11(8)25(18,19)20/h7,15-23H,1-6H3/q+3. The molecule has 0 unspecified atom stereocenters. The first-order valence-electron chi connectivity index (χ1n) is 7.55. The molecule has 0 aromatic heterocycles. The quantitative estimate of drug-likeness (QED) is 0.281. The number of rotatable bonds is 3. The molecule has 0 atom stereocenters. The average molecular weight is 433 g/mol. The van der Waals surface area contributed by atoms with Crippen molar-refractivity contribution in [3.8, 4) is 0 Å². The van der Waals surface area contributed by atoms with Crippen LogP contribution in [0.5, 0.6) is 0 Å². The molecule has 150 valence electrons. The Kier molecular flexibility index (Phi) is 6.41. The van der Waals surface area contributed by atoms with E-state index in [4.69, 9.17) is 0 Å². The van der Waals surface area contributed by atoms with Gasteiger partial charge in [0.05, 0.1) is 5.56 Å². The van der Waals surface area contributed by atoms with Gasteiger partial charge in [-0.3, -0.25) is 0 Å². The summed E-state index contributed by atoms with van der Waals surface area (Å²) in [6.07, 6.45) is 0. The second-order valence-corrected chi connectivity index (χ2v) is 13.0. The van der Waals surface area contributed by atoms with Crippen LogP contribution >= 0.6 is 23.8 Å². The smallest absolute Gasteiger partial charge is 0.189 e. The molecule has 1 aromatic carbocycles. The maximum absolute atomic E-state index is 10.1. The van der Waals surface area contributed by atoms with Gasteiger partial charge in [-0.1, -0.05) is 41.5 Å². The fourth-order valence-corrected chi connectivity index (χ4v) is 6.96. The largest absolute Gasteiger partial charge is 0.445 e. The Bertz CT molecular complexity index is 636. The van der Waals surface area contributed by atoms with Gasteiger partial charge in [0, 0.05) is 11.6 Å². The van der Waals surface area contributed by atoms with Crippen LogP contribution in [0.25, 0.3) is 0 Å². The van der Waals surface area contributed by atoms with Crippen molar-refractivity contribution in [1.82, 2.24) is 0 Å². The minimum atomic E-state index is -4.97. The van der Waals surface area contributed by atoms with Crippen molar-refractivity contribution in [1.29, 1.82) is 0 Å². The van der Waals surface area contributed by atoms with Gasteiger partial charge in [-0.25, -0.2) is 0 Å². The van der Waals surface area contributed by atoms with Crippen LogP contribution in [0.1, 0.15) is 52.7 Å². The zero-order chi connectivity index (χ0) is 21.1. The molecule has 0 heterocycles. The van der Waals surface area contributed by atoms with Crippen LogP contribution in [-0.2, 0) is 10.8 Å². The average Bonchev–Trinajstić information content (AvgIpc) is 2.30. The molecule has 0 aliphatic heterocycles. The third-order valence-electron chi connectivity index (χ3n) is 3.73.